The first kappa shape index (κ1) is 36.7. The Morgan fingerprint density at radius 3 is 2.29 bits per heavy atom. The van der Waals surface area contributed by atoms with Gasteiger partial charge in [-0.15, -0.1) is 0 Å². The summed E-state index contributed by atoms with van der Waals surface area (Å²) in [5, 5.41) is 62.6. The van der Waals surface area contributed by atoms with Gasteiger partial charge in [-0.3, -0.25) is 14.4 Å². The molecule has 0 bridgehead atoms. The van der Waals surface area contributed by atoms with Crippen LogP contribution in [0.4, 0.5) is 0 Å². The van der Waals surface area contributed by atoms with E-state index in [1.54, 1.807) is 13.8 Å². The van der Waals surface area contributed by atoms with Gasteiger partial charge in [0.25, 0.3) is 0 Å². The van der Waals surface area contributed by atoms with Crippen LogP contribution in [0.15, 0.2) is 33.5 Å². The molecule has 15 heteroatoms. The van der Waals surface area contributed by atoms with E-state index in [0.717, 1.165) is 19.1 Å². The second kappa shape index (κ2) is 13.2. The van der Waals surface area contributed by atoms with E-state index in [4.69, 9.17) is 18.6 Å². The summed E-state index contributed by atoms with van der Waals surface area (Å²) in [6.45, 7) is 5.79. The molecule has 10 atom stereocenters. The fourth-order valence-electron chi connectivity index (χ4n) is 7.17. The van der Waals surface area contributed by atoms with Crippen molar-refractivity contribution in [3.63, 3.8) is 0 Å². The summed E-state index contributed by atoms with van der Waals surface area (Å²) in [6.07, 6.45) is -6.75. The molecule has 274 valence electrons. The normalized spacial score (nSPS) is 29.8. The van der Waals surface area contributed by atoms with E-state index >= 15 is 0 Å². The lowest BCUT2D eigenvalue weighted by molar-refractivity contribution is -0.287. The average Bonchev–Trinajstić information content (AvgIpc) is 3.05. The number of benzene rings is 2. The molecule has 15 nitrogen and oxygen atoms in total. The number of carboxylic acids is 1. The maximum Gasteiger partial charge on any atom is 0.336 e. The van der Waals surface area contributed by atoms with Crippen molar-refractivity contribution in [1.29, 1.82) is 0 Å². The molecule has 3 heterocycles. The summed E-state index contributed by atoms with van der Waals surface area (Å²) < 4.78 is 24.2. The number of hydrogen-bond acceptors (Lipinski definition) is 14. The topological polar surface area (TPSA) is 234 Å². The first-order valence-electron chi connectivity index (χ1n) is 16.6. The van der Waals surface area contributed by atoms with Crippen LogP contribution < -0.4 is 5.43 Å². The summed E-state index contributed by atoms with van der Waals surface area (Å²) >= 11 is 0. The fraction of sp³-hybridized carbons (Fsp3) is 0.500. The number of phenols is 1. The minimum Gasteiger partial charge on any atom is -0.507 e. The van der Waals surface area contributed by atoms with Crippen molar-refractivity contribution >= 4 is 28.5 Å². The number of aliphatic hydroxyl groups is 4. The summed E-state index contributed by atoms with van der Waals surface area (Å²) in [5.41, 5.74) is -5.57. The molecular weight excluding hydrogens is 670 g/mol. The lowest BCUT2D eigenvalue weighted by Gasteiger charge is -2.46. The van der Waals surface area contributed by atoms with Crippen molar-refractivity contribution in [1.82, 2.24) is 4.90 Å². The number of likely N-dealkylation sites (N-methyl/N-ethyl adjacent to an activating group) is 1. The van der Waals surface area contributed by atoms with E-state index < -0.39 is 117 Å². The van der Waals surface area contributed by atoms with Crippen molar-refractivity contribution in [2.24, 2.45) is 0 Å². The van der Waals surface area contributed by atoms with Gasteiger partial charge in [-0.2, -0.15) is 0 Å². The Labute approximate surface area is 291 Å². The predicted molar refractivity (Wildman–Crippen MR) is 177 cm³/mol. The van der Waals surface area contributed by atoms with Crippen LogP contribution >= 0.6 is 0 Å². The maximum absolute atomic E-state index is 14.3. The molecule has 2 fully saturated rings. The highest BCUT2D eigenvalue weighted by Gasteiger charge is 2.45. The molecule has 0 saturated carbocycles. The third-order valence-corrected chi connectivity index (χ3v) is 10.4. The molecule has 0 radical (unpaired) electrons. The van der Waals surface area contributed by atoms with Crippen molar-refractivity contribution in [3.05, 3.63) is 73.6 Å². The van der Waals surface area contributed by atoms with Crippen LogP contribution in [0.2, 0.25) is 0 Å². The quantitative estimate of drug-likeness (QED) is 0.160. The van der Waals surface area contributed by atoms with E-state index in [2.05, 4.69) is 0 Å². The summed E-state index contributed by atoms with van der Waals surface area (Å²) in [7, 11) is 3.66. The minimum atomic E-state index is -2.14. The monoisotopic (exact) mass is 711 g/mol. The number of aliphatic hydroxyl groups excluding tert-OH is 3. The van der Waals surface area contributed by atoms with E-state index in [1.807, 2.05) is 19.0 Å². The number of fused-ring (bicyclic) bond motifs is 4. The molecule has 0 spiro atoms. The molecule has 0 amide bonds. The van der Waals surface area contributed by atoms with E-state index in [1.165, 1.54) is 19.1 Å². The van der Waals surface area contributed by atoms with Crippen LogP contribution in [-0.2, 0) is 19.8 Å². The first-order chi connectivity index (χ1) is 23.8. The number of aromatic carboxylic acids is 1. The number of carbonyl (C=O) groups excluding carboxylic acids is 2. The predicted octanol–water partition coefficient (Wildman–Crippen LogP) is 1.58. The fourth-order valence-corrected chi connectivity index (χ4v) is 7.17. The maximum atomic E-state index is 14.3. The van der Waals surface area contributed by atoms with Crippen molar-refractivity contribution in [2.45, 2.75) is 101 Å². The van der Waals surface area contributed by atoms with Gasteiger partial charge in [0.15, 0.2) is 23.1 Å². The molecule has 6 N–H and O–H groups in total. The van der Waals surface area contributed by atoms with Gasteiger partial charge < -0.3 is 54.2 Å². The smallest absolute Gasteiger partial charge is 0.336 e. The van der Waals surface area contributed by atoms with Crippen molar-refractivity contribution in [2.75, 3.05) is 14.1 Å². The zero-order valence-corrected chi connectivity index (χ0v) is 28.8. The Hall–Kier alpha value is -4.06. The summed E-state index contributed by atoms with van der Waals surface area (Å²) in [6, 6.07) is 4.20. The number of ketones is 2. The lowest BCUT2D eigenvalue weighted by Crippen LogP contribution is -2.55. The highest BCUT2D eigenvalue weighted by Crippen LogP contribution is 2.44. The van der Waals surface area contributed by atoms with Gasteiger partial charge in [0, 0.05) is 35.2 Å². The molecular formula is C36H41NO14. The van der Waals surface area contributed by atoms with E-state index in [-0.39, 0.29) is 35.6 Å². The molecule has 2 aromatic carbocycles. The minimum absolute atomic E-state index is 0.0440. The standard InChI is InChI=1S/C36H41NO14/c1-13-29(41)22(40)12-25(49-13)51-33-14(2)48-23(10-20(33)37(5)6)16-7-8-17-27(31(16)43)32(44)28-18(30(17)42)9-19(35(45)46)26-21(39)11-24(50-34(26)28)36(4,47)15(3)38/h7-9,11,13-15,20,22-23,25,29,33,38,40-41,43,47H,10,12H2,1-6H3,(H,45,46). The van der Waals surface area contributed by atoms with Gasteiger partial charge in [-0.25, -0.2) is 4.79 Å². The Balaban J connectivity index is 1.41. The van der Waals surface area contributed by atoms with E-state index in [9.17, 15) is 49.8 Å². The second-order valence-electron chi connectivity index (χ2n) is 14.0. The van der Waals surface area contributed by atoms with Gasteiger partial charge in [0.1, 0.15) is 29.3 Å². The van der Waals surface area contributed by atoms with Crippen LogP contribution in [0, 0.1) is 0 Å². The zero-order chi connectivity index (χ0) is 37.4. The highest BCUT2D eigenvalue weighted by atomic mass is 16.7. The molecule has 1 aliphatic carbocycles. The van der Waals surface area contributed by atoms with Gasteiger partial charge in [0.2, 0.25) is 5.78 Å². The number of rotatable bonds is 7. The summed E-state index contributed by atoms with van der Waals surface area (Å²) in [4.78, 5) is 55.8. The average molecular weight is 712 g/mol. The molecule has 3 aliphatic rings. The van der Waals surface area contributed by atoms with Crippen molar-refractivity contribution in [3.8, 4) is 5.75 Å². The second-order valence-corrected chi connectivity index (χ2v) is 14.0. The van der Waals surface area contributed by atoms with Crippen LogP contribution in [-0.4, -0.2) is 116 Å². The van der Waals surface area contributed by atoms with Gasteiger partial charge >= 0.3 is 5.97 Å². The Morgan fingerprint density at radius 2 is 1.69 bits per heavy atom. The van der Waals surface area contributed by atoms with Gasteiger partial charge in [0.05, 0.1) is 52.6 Å². The molecule has 2 saturated heterocycles. The molecule has 51 heavy (non-hydrogen) atoms. The Morgan fingerprint density at radius 1 is 1.00 bits per heavy atom. The molecule has 1 aromatic heterocycles. The largest absolute Gasteiger partial charge is 0.507 e. The van der Waals surface area contributed by atoms with Crippen LogP contribution in [0.25, 0.3) is 11.0 Å². The Kier molecular flexibility index (Phi) is 9.48. The summed E-state index contributed by atoms with van der Waals surface area (Å²) in [5.74, 6) is -4.35. The third kappa shape index (κ3) is 6.06. The zero-order valence-electron chi connectivity index (χ0n) is 28.8. The number of hydrogen-bond donors (Lipinski definition) is 6. The number of aromatic hydroxyl groups is 1. The molecule has 2 aliphatic heterocycles. The molecule has 6 rings (SSSR count). The lowest BCUT2D eigenvalue weighted by atomic mass is 9.79. The number of carboxylic acid groups (broad SMARTS) is 1. The third-order valence-electron chi connectivity index (χ3n) is 10.4. The molecule has 10 unspecified atom stereocenters. The van der Waals surface area contributed by atoms with Crippen LogP contribution in [0.1, 0.15) is 100 Å². The highest BCUT2D eigenvalue weighted by molar-refractivity contribution is 6.33. The van der Waals surface area contributed by atoms with Gasteiger partial charge in [-0.05, 0) is 60.3 Å². The van der Waals surface area contributed by atoms with Crippen molar-refractivity contribution < 1.29 is 63.7 Å². The van der Waals surface area contributed by atoms with Crippen LogP contribution in [0.3, 0.4) is 0 Å². The number of ether oxygens (including phenoxy) is 3. The van der Waals surface area contributed by atoms with Crippen LogP contribution in [0.5, 0.6) is 5.75 Å². The number of carbonyl (C=O) groups is 3. The van der Waals surface area contributed by atoms with E-state index in [0.29, 0.717) is 0 Å². The SMILES string of the molecule is CC1OC(OC2C(C)OC(c3ccc4c(c3O)C(=O)c3c(cc(C(=O)O)c5c(=O)cc(C(C)(O)C(C)O)oc35)C4=O)CC2N(C)C)CC(O)C1O. The number of phenolic OH excluding ortho intramolecular Hbond substituents is 1. The van der Waals surface area contributed by atoms with Gasteiger partial charge in [-0.1, -0.05) is 6.07 Å². The Bertz CT molecular complexity index is 1970. The molecule has 3 aromatic rings. The first-order valence-corrected chi connectivity index (χ1v) is 16.6. The number of nitrogens with zero attached hydrogens (tertiary/aromatic N) is 1.